The Morgan fingerprint density at radius 1 is 1.29 bits per heavy atom. The van der Waals surface area contributed by atoms with Crippen LogP contribution < -0.4 is 5.32 Å². The van der Waals surface area contributed by atoms with E-state index < -0.39 is 18.5 Å². The molecule has 0 aliphatic rings. The number of anilines is 1. The topological polar surface area (TPSA) is 37.8 Å². The van der Waals surface area contributed by atoms with Gasteiger partial charge in [0.05, 0.1) is 6.42 Å². The van der Waals surface area contributed by atoms with Gasteiger partial charge in [-0.1, -0.05) is 0 Å². The van der Waals surface area contributed by atoms with Gasteiger partial charge in [0.1, 0.15) is 12.1 Å². The van der Waals surface area contributed by atoms with E-state index in [1.165, 1.54) is 0 Å². The fraction of sp³-hybridized carbons (Fsp3) is 0.429. The van der Waals surface area contributed by atoms with E-state index >= 15 is 0 Å². The molecule has 1 aromatic heterocycles. The molecule has 78 valence electrons. The van der Waals surface area contributed by atoms with Crippen LogP contribution in [0.4, 0.5) is 23.4 Å². The zero-order valence-corrected chi connectivity index (χ0v) is 6.98. The first-order valence-corrected chi connectivity index (χ1v) is 3.75. The number of rotatable bonds is 3. The third-order valence-corrected chi connectivity index (χ3v) is 1.35. The van der Waals surface area contributed by atoms with E-state index in [1.54, 1.807) is 0 Å². The van der Waals surface area contributed by atoms with Crippen molar-refractivity contribution < 1.29 is 17.6 Å². The normalized spacial score (nSPS) is 11.4. The molecule has 0 unspecified atom stereocenters. The van der Waals surface area contributed by atoms with E-state index in [2.05, 4.69) is 15.3 Å². The molecule has 14 heavy (non-hydrogen) atoms. The van der Waals surface area contributed by atoms with Gasteiger partial charge < -0.3 is 5.32 Å². The molecule has 0 aromatic carbocycles. The maximum atomic E-state index is 12.4. The molecule has 0 aliphatic heterocycles. The van der Waals surface area contributed by atoms with Gasteiger partial charge in [-0.25, -0.2) is 9.97 Å². The van der Waals surface area contributed by atoms with Gasteiger partial charge in [-0.05, 0) is 0 Å². The van der Waals surface area contributed by atoms with Crippen molar-refractivity contribution in [2.75, 3.05) is 11.9 Å². The molecule has 1 aromatic rings. The first-order chi connectivity index (χ1) is 6.47. The summed E-state index contributed by atoms with van der Waals surface area (Å²) in [4.78, 5) is 6.69. The molecule has 0 amide bonds. The third kappa shape index (κ3) is 4.01. The molecule has 0 atom stereocenters. The molecule has 1 rings (SSSR count). The van der Waals surface area contributed by atoms with Gasteiger partial charge >= 0.3 is 6.18 Å². The lowest BCUT2D eigenvalue weighted by atomic mass is 10.4. The summed E-state index contributed by atoms with van der Waals surface area (Å²) in [6, 6.07) is 0.927. The minimum Gasteiger partial charge on any atom is -0.370 e. The second kappa shape index (κ2) is 4.21. The highest BCUT2D eigenvalue weighted by atomic mass is 19.4. The largest absolute Gasteiger partial charge is 0.390 e. The van der Waals surface area contributed by atoms with Crippen molar-refractivity contribution >= 4 is 5.82 Å². The second-order valence-corrected chi connectivity index (χ2v) is 2.52. The minimum absolute atomic E-state index is 0.0433. The van der Waals surface area contributed by atoms with E-state index in [4.69, 9.17) is 0 Å². The van der Waals surface area contributed by atoms with Gasteiger partial charge in [-0.2, -0.15) is 17.6 Å². The quantitative estimate of drug-likeness (QED) is 0.611. The molecular formula is C7H7F4N3. The predicted octanol–water partition coefficient (Wildman–Crippen LogP) is 1.98. The number of nitrogens with zero attached hydrogens (tertiary/aromatic N) is 2. The first kappa shape index (κ1) is 10.7. The summed E-state index contributed by atoms with van der Waals surface area (Å²) < 4.78 is 47.5. The van der Waals surface area contributed by atoms with Crippen LogP contribution in [0.25, 0.3) is 0 Å². The summed E-state index contributed by atoms with van der Waals surface area (Å²) >= 11 is 0. The Labute approximate surface area is 77.2 Å². The summed E-state index contributed by atoms with van der Waals surface area (Å²) in [7, 11) is 0. The maximum absolute atomic E-state index is 12.4. The first-order valence-electron chi connectivity index (χ1n) is 3.75. The highest BCUT2D eigenvalue weighted by molar-refractivity contribution is 5.31. The van der Waals surface area contributed by atoms with Gasteiger partial charge in [-0.15, -0.1) is 0 Å². The number of aromatic nitrogens is 2. The van der Waals surface area contributed by atoms with Crippen LogP contribution in [0, 0.1) is 5.95 Å². The predicted molar refractivity (Wildman–Crippen MR) is 41.2 cm³/mol. The Bertz CT molecular complexity index is 299. The van der Waals surface area contributed by atoms with Crippen LogP contribution in [-0.2, 0) is 0 Å². The number of hydrogen-bond donors (Lipinski definition) is 1. The van der Waals surface area contributed by atoms with Crippen LogP contribution in [-0.4, -0.2) is 22.7 Å². The minimum atomic E-state index is -4.22. The summed E-state index contributed by atoms with van der Waals surface area (Å²) in [5.41, 5.74) is 0. The Balaban J connectivity index is 2.39. The van der Waals surface area contributed by atoms with Crippen molar-refractivity contribution in [3.8, 4) is 0 Å². The lowest BCUT2D eigenvalue weighted by Crippen LogP contribution is -2.15. The maximum Gasteiger partial charge on any atom is 0.390 e. The summed E-state index contributed by atoms with van der Waals surface area (Å²) in [5, 5.41) is 2.33. The van der Waals surface area contributed by atoms with E-state index in [1.807, 2.05) is 0 Å². The van der Waals surface area contributed by atoms with Gasteiger partial charge in [-0.3, -0.25) is 0 Å². The third-order valence-electron chi connectivity index (χ3n) is 1.35. The van der Waals surface area contributed by atoms with Gasteiger partial charge in [0.15, 0.2) is 0 Å². The van der Waals surface area contributed by atoms with Gasteiger partial charge in [0.25, 0.3) is 0 Å². The molecule has 0 bridgehead atoms. The average Bonchev–Trinajstić information content (AvgIpc) is 2.01. The van der Waals surface area contributed by atoms with Crippen molar-refractivity contribution in [2.45, 2.75) is 12.6 Å². The number of halogens is 4. The van der Waals surface area contributed by atoms with Crippen molar-refractivity contribution in [1.82, 2.24) is 9.97 Å². The molecule has 0 spiro atoms. The number of hydrogen-bond acceptors (Lipinski definition) is 3. The Hall–Kier alpha value is -1.40. The second-order valence-electron chi connectivity index (χ2n) is 2.52. The van der Waals surface area contributed by atoms with Crippen LogP contribution in [0.1, 0.15) is 6.42 Å². The van der Waals surface area contributed by atoms with Crippen LogP contribution in [0.3, 0.4) is 0 Å². The zero-order chi connectivity index (χ0) is 10.6. The van der Waals surface area contributed by atoms with Crippen LogP contribution >= 0.6 is 0 Å². The molecule has 1 heterocycles. The van der Waals surface area contributed by atoms with Crippen molar-refractivity contribution in [1.29, 1.82) is 0 Å². The van der Waals surface area contributed by atoms with E-state index in [0.717, 1.165) is 12.4 Å². The Kier molecular flexibility index (Phi) is 3.21. The van der Waals surface area contributed by atoms with Gasteiger partial charge in [0, 0.05) is 12.6 Å². The zero-order valence-electron chi connectivity index (χ0n) is 6.98. The summed E-state index contributed by atoms with van der Waals surface area (Å²) in [6.07, 6.45) is -4.28. The number of nitrogens with one attached hydrogen (secondary N) is 1. The molecular weight excluding hydrogens is 202 g/mol. The molecule has 0 saturated heterocycles. The molecule has 7 heteroatoms. The van der Waals surface area contributed by atoms with Crippen molar-refractivity contribution in [3.63, 3.8) is 0 Å². The van der Waals surface area contributed by atoms with Crippen molar-refractivity contribution in [2.24, 2.45) is 0 Å². The van der Waals surface area contributed by atoms with Crippen LogP contribution in [0.5, 0.6) is 0 Å². The SMILES string of the molecule is Fc1cc(NCCC(F)(F)F)ncn1. The van der Waals surface area contributed by atoms with E-state index in [9.17, 15) is 17.6 Å². The Morgan fingerprint density at radius 2 is 2.00 bits per heavy atom. The molecule has 0 saturated carbocycles. The van der Waals surface area contributed by atoms with Crippen molar-refractivity contribution in [3.05, 3.63) is 18.3 Å². The number of alkyl halides is 3. The lowest BCUT2D eigenvalue weighted by molar-refractivity contribution is -0.131. The summed E-state index contributed by atoms with van der Waals surface area (Å²) in [5.74, 6) is -0.740. The van der Waals surface area contributed by atoms with Gasteiger partial charge in [0.2, 0.25) is 5.95 Å². The van der Waals surface area contributed by atoms with Crippen LogP contribution in [0.2, 0.25) is 0 Å². The monoisotopic (exact) mass is 209 g/mol. The smallest absolute Gasteiger partial charge is 0.370 e. The van der Waals surface area contributed by atoms with E-state index in [-0.39, 0.29) is 12.4 Å². The molecule has 0 radical (unpaired) electrons. The lowest BCUT2D eigenvalue weighted by Gasteiger charge is -2.07. The highest BCUT2D eigenvalue weighted by Crippen LogP contribution is 2.19. The van der Waals surface area contributed by atoms with E-state index in [0.29, 0.717) is 0 Å². The molecule has 3 nitrogen and oxygen atoms in total. The molecule has 0 aliphatic carbocycles. The van der Waals surface area contributed by atoms with Crippen LogP contribution in [0.15, 0.2) is 12.4 Å². The average molecular weight is 209 g/mol. The molecule has 0 fully saturated rings. The Morgan fingerprint density at radius 3 is 2.57 bits per heavy atom. The highest BCUT2D eigenvalue weighted by Gasteiger charge is 2.26. The standard InChI is InChI=1S/C7H7F4N3/c8-5-3-6(14-4-13-5)12-2-1-7(9,10)11/h3-4H,1-2H2,(H,12,13,14). The summed E-state index contributed by atoms with van der Waals surface area (Å²) in [6.45, 7) is -0.333. The fourth-order valence-electron chi connectivity index (χ4n) is 0.763. The fourth-order valence-corrected chi connectivity index (χ4v) is 0.763. The molecule has 1 N–H and O–H groups in total.